The van der Waals surface area contributed by atoms with Crippen molar-refractivity contribution in [3.63, 3.8) is 0 Å². The van der Waals surface area contributed by atoms with Crippen LogP contribution in [0.3, 0.4) is 0 Å². The minimum atomic E-state index is -0.271. The Labute approximate surface area is 101 Å². The van der Waals surface area contributed by atoms with E-state index in [0.29, 0.717) is 18.4 Å². The van der Waals surface area contributed by atoms with Gasteiger partial charge in [-0.3, -0.25) is 0 Å². The molecule has 16 heavy (non-hydrogen) atoms. The van der Waals surface area contributed by atoms with Crippen LogP contribution in [0.5, 0.6) is 0 Å². The van der Waals surface area contributed by atoms with Gasteiger partial charge in [-0.25, -0.2) is 0 Å². The molecule has 2 rings (SSSR count). The fourth-order valence-electron chi connectivity index (χ4n) is 2.03. The van der Waals surface area contributed by atoms with Crippen molar-refractivity contribution in [1.82, 2.24) is 10.1 Å². The topological polar surface area (TPSA) is 74.2 Å². The SMILES string of the molecule is COC(CN)c1nc(C2CCCC2)no1.Cl. The molecule has 1 heterocycles. The molecule has 0 spiro atoms. The molecule has 1 saturated carbocycles. The van der Waals surface area contributed by atoms with E-state index in [1.54, 1.807) is 7.11 Å². The molecular formula is C10H18ClN3O2. The zero-order valence-electron chi connectivity index (χ0n) is 9.39. The molecule has 2 N–H and O–H groups in total. The monoisotopic (exact) mass is 247 g/mol. The Bertz CT molecular complexity index is 292. The second-order valence-corrected chi connectivity index (χ2v) is 3.93. The molecule has 1 fully saturated rings. The third-order valence-corrected chi connectivity index (χ3v) is 2.95. The molecule has 0 radical (unpaired) electrons. The molecule has 1 aromatic heterocycles. The van der Waals surface area contributed by atoms with Gasteiger partial charge in [-0.1, -0.05) is 18.0 Å². The van der Waals surface area contributed by atoms with E-state index in [9.17, 15) is 0 Å². The normalized spacial score (nSPS) is 18.4. The van der Waals surface area contributed by atoms with Crippen LogP contribution < -0.4 is 5.73 Å². The van der Waals surface area contributed by atoms with E-state index in [0.717, 1.165) is 5.82 Å². The Balaban J connectivity index is 0.00000128. The quantitative estimate of drug-likeness (QED) is 0.878. The van der Waals surface area contributed by atoms with Crippen LogP contribution in [0.25, 0.3) is 0 Å². The fourth-order valence-corrected chi connectivity index (χ4v) is 2.03. The molecule has 0 bridgehead atoms. The summed E-state index contributed by atoms with van der Waals surface area (Å²) in [6, 6.07) is 0. The number of aromatic nitrogens is 2. The summed E-state index contributed by atoms with van der Waals surface area (Å²) in [5.74, 6) is 1.79. The molecule has 1 aliphatic carbocycles. The predicted molar refractivity (Wildman–Crippen MR) is 61.6 cm³/mol. The molecule has 0 amide bonds. The highest BCUT2D eigenvalue weighted by Gasteiger charge is 2.24. The van der Waals surface area contributed by atoms with Gasteiger partial charge in [0.25, 0.3) is 5.89 Å². The van der Waals surface area contributed by atoms with Crippen molar-refractivity contribution in [2.24, 2.45) is 5.73 Å². The molecular weight excluding hydrogens is 230 g/mol. The lowest BCUT2D eigenvalue weighted by Gasteiger charge is -2.06. The minimum absolute atomic E-state index is 0. The Hall–Kier alpha value is -0.650. The van der Waals surface area contributed by atoms with Crippen molar-refractivity contribution in [3.8, 4) is 0 Å². The Morgan fingerprint density at radius 2 is 2.19 bits per heavy atom. The number of methoxy groups -OCH3 is 1. The molecule has 1 aromatic rings. The minimum Gasteiger partial charge on any atom is -0.370 e. The molecule has 92 valence electrons. The van der Waals surface area contributed by atoms with Gasteiger partial charge in [0.05, 0.1) is 0 Å². The number of halogens is 1. The first-order chi connectivity index (χ1) is 7.35. The molecule has 1 atom stereocenters. The highest BCUT2D eigenvalue weighted by atomic mass is 35.5. The van der Waals surface area contributed by atoms with Gasteiger partial charge in [0, 0.05) is 19.6 Å². The Morgan fingerprint density at radius 3 is 2.75 bits per heavy atom. The lowest BCUT2D eigenvalue weighted by atomic mass is 10.1. The van der Waals surface area contributed by atoms with Gasteiger partial charge < -0.3 is 15.0 Å². The van der Waals surface area contributed by atoms with Gasteiger partial charge >= 0.3 is 0 Å². The Kier molecular flexibility index (Phi) is 5.18. The molecule has 1 aliphatic rings. The first-order valence-corrected chi connectivity index (χ1v) is 5.41. The van der Waals surface area contributed by atoms with Gasteiger partial charge in [0.1, 0.15) is 6.10 Å². The number of ether oxygens (including phenoxy) is 1. The van der Waals surface area contributed by atoms with Crippen molar-refractivity contribution in [1.29, 1.82) is 0 Å². The molecule has 0 aromatic carbocycles. The van der Waals surface area contributed by atoms with Crippen molar-refractivity contribution >= 4 is 12.4 Å². The molecule has 5 nitrogen and oxygen atoms in total. The Morgan fingerprint density at radius 1 is 1.50 bits per heavy atom. The number of rotatable bonds is 4. The van der Waals surface area contributed by atoms with Crippen molar-refractivity contribution in [3.05, 3.63) is 11.7 Å². The number of nitrogens with two attached hydrogens (primary N) is 1. The third kappa shape index (κ3) is 2.72. The van der Waals surface area contributed by atoms with Crippen LogP contribution in [0.4, 0.5) is 0 Å². The summed E-state index contributed by atoms with van der Waals surface area (Å²) in [4.78, 5) is 4.35. The second kappa shape index (κ2) is 6.18. The van der Waals surface area contributed by atoms with Gasteiger partial charge in [-0.15, -0.1) is 12.4 Å². The van der Waals surface area contributed by atoms with Gasteiger partial charge in [-0.05, 0) is 12.8 Å². The molecule has 1 unspecified atom stereocenters. The first kappa shape index (κ1) is 13.4. The van der Waals surface area contributed by atoms with E-state index in [4.69, 9.17) is 15.0 Å². The summed E-state index contributed by atoms with van der Waals surface area (Å²) in [5, 5.41) is 3.99. The fraction of sp³-hybridized carbons (Fsp3) is 0.800. The largest absolute Gasteiger partial charge is 0.370 e. The van der Waals surface area contributed by atoms with Crippen LogP contribution in [0, 0.1) is 0 Å². The van der Waals surface area contributed by atoms with E-state index < -0.39 is 0 Å². The van der Waals surface area contributed by atoms with Crippen LogP contribution in [-0.2, 0) is 4.74 Å². The predicted octanol–water partition coefficient (Wildman–Crippen LogP) is 1.80. The standard InChI is InChI=1S/C10H17N3O2.ClH/c1-14-8(6-11)10-12-9(13-15-10)7-4-2-3-5-7;/h7-8H,2-6,11H2,1H3;1H. The van der Waals surface area contributed by atoms with Crippen LogP contribution in [0.2, 0.25) is 0 Å². The molecule has 6 heteroatoms. The first-order valence-electron chi connectivity index (χ1n) is 5.41. The van der Waals surface area contributed by atoms with Gasteiger partial charge in [0.15, 0.2) is 5.82 Å². The maximum absolute atomic E-state index is 5.53. The van der Waals surface area contributed by atoms with E-state index in [2.05, 4.69) is 10.1 Å². The number of nitrogens with zero attached hydrogens (tertiary/aromatic N) is 2. The number of hydrogen-bond donors (Lipinski definition) is 1. The molecule has 0 aliphatic heterocycles. The maximum Gasteiger partial charge on any atom is 0.257 e. The summed E-state index contributed by atoms with van der Waals surface area (Å²) in [7, 11) is 1.59. The van der Waals surface area contributed by atoms with Gasteiger partial charge in [-0.2, -0.15) is 4.98 Å². The van der Waals surface area contributed by atoms with E-state index in [1.165, 1.54) is 25.7 Å². The van der Waals surface area contributed by atoms with Gasteiger partial charge in [0.2, 0.25) is 0 Å². The summed E-state index contributed by atoms with van der Waals surface area (Å²) in [5.41, 5.74) is 5.53. The summed E-state index contributed by atoms with van der Waals surface area (Å²) in [6.45, 7) is 0.364. The summed E-state index contributed by atoms with van der Waals surface area (Å²) in [6.07, 6.45) is 4.59. The third-order valence-electron chi connectivity index (χ3n) is 2.95. The van der Waals surface area contributed by atoms with Crippen molar-refractivity contribution in [2.45, 2.75) is 37.7 Å². The van der Waals surface area contributed by atoms with Crippen LogP contribution in [-0.4, -0.2) is 23.8 Å². The summed E-state index contributed by atoms with van der Waals surface area (Å²) >= 11 is 0. The smallest absolute Gasteiger partial charge is 0.257 e. The molecule has 0 saturated heterocycles. The van der Waals surface area contributed by atoms with Crippen LogP contribution in [0.15, 0.2) is 4.52 Å². The van der Waals surface area contributed by atoms with Crippen molar-refractivity contribution < 1.29 is 9.26 Å². The maximum atomic E-state index is 5.53. The lowest BCUT2D eigenvalue weighted by Crippen LogP contribution is -2.14. The average molecular weight is 248 g/mol. The van der Waals surface area contributed by atoms with Crippen molar-refractivity contribution in [2.75, 3.05) is 13.7 Å². The lowest BCUT2D eigenvalue weighted by molar-refractivity contribution is 0.0803. The highest BCUT2D eigenvalue weighted by Crippen LogP contribution is 2.32. The highest BCUT2D eigenvalue weighted by molar-refractivity contribution is 5.85. The number of hydrogen-bond acceptors (Lipinski definition) is 5. The zero-order chi connectivity index (χ0) is 10.7. The summed E-state index contributed by atoms with van der Waals surface area (Å²) < 4.78 is 10.3. The van der Waals surface area contributed by atoms with E-state index in [-0.39, 0.29) is 18.5 Å². The van der Waals surface area contributed by atoms with Crippen LogP contribution in [0.1, 0.15) is 49.4 Å². The zero-order valence-corrected chi connectivity index (χ0v) is 10.2. The van der Waals surface area contributed by atoms with E-state index >= 15 is 0 Å². The average Bonchev–Trinajstić information content (AvgIpc) is 2.89. The second-order valence-electron chi connectivity index (χ2n) is 3.93. The van der Waals surface area contributed by atoms with Crippen LogP contribution >= 0.6 is 12.4 Å². The van der Waals surface area contributed by atoms with E-state index in [1.807, 2.05) is 0 Å².